The smallest absolute Gasteiger partial charge is 0.429 e. The van der Waals surface area contributed by atoms with Crippen LogP contribution in [0.5, 0.6) is 0 Å². The molecular weight excluding hydrogens is 384 g/mol. The maximum Gasteiger partial charge on any atom is 0.429 e. The lowest BCUT2D eigenvalue weighted by Crippen LogP contribution is -2.53. The minimum atomic E-state index is -0.790. The van der Waals surface area contributed by atoms with Crippen molar-refractivity contribution in [1.29, 1.82) is 0 Å². The van der Waals surface area contributed by atoms with E-state index in [2.05, 4.69) is 0 Å². The molecule has 0 aliphatic carbocycles. The van der Waals surface area contributed by atoms with Gasteiger partial charge in [-0.2, -0.15) is 5.01 Å². The zero-order valence-corrected chi connectivity index (χ0v) is 17.6. The summed E-state index contributed by atoms with van der Waals surface area (Å²) in [7, 11) is 0. The first-order valence-electron chi connectivity index (χ1n) is 9.81. The number of nitrogens with zero attached hydrogens (tertiary/aromatic N) is 2. The predicted octanol–water partition coefficient (Wildman–Crippen LogP) is 4.04. The fourth-order valence-electron chi connectivity index (χ4n) is 3.06. The zero-order valence-electron chi connectivity index (χ0n) is 17.6. The molecule has 0 radical (unpaired) electrons. The molecule has 1 heterocycles. The van der Waals surface area contributed by atoms with Gasteiger partial charge in [0.15, 0.2) is 0 Å². The molecule has 2 aromatic carbocycles. The average molecular weight is 410 g/mol. The van der Waals surface area contributed by atoms with Crippen molar-refractivity contribution in [2.24, 2.45) is 0 Å². The molecule has 1 aliphatic heterocycles. The Morgan fingerprint density at radius 1 is 0.967 bits per heavy atom. The predicted molar refractivity (Wildman–Crippen MR) is 111 cm³/mol. The number of hydrogen-bond donors (Lipinski definition) is 0. The van der Waals surface area contributed by atoms with Crippen molar-refractivity contribution in [3.8, 4) is 0 Å². The minimum absolute atomic E-state index is 0.0206. The van der Waals surface area contributed by atoms with Crippen LogP contribution in [0.4, 0.5) is 4.79 Å². The largest absolute Gasteiger partial charge is 0.442 e. The summed E-state index contributed by atoms with van der Waals surface area (Å²) in [5, 5.41) is 1.88. The third kappa shape index (κ3) is 4.86. The average Bonchev–Trinajstić information content (AvgIpc) is 2.95. The maximum atomic E-state index is 12.9. The van der Waals surface area contributed by atoms with Gasteiger partial charge in [-0.1, -0.05) is 42.5 Å². The Labute approximate surface area is 176 Å². The molecule has 0 spiro atoms. The lowest BCUT2D eigenvalue weighted by Gasteiger charge is -2.33. The van der Waals surface area contributed by atoms with Crippen LogP contribution in [0.3, 0.4) is 0 Å². The first-order valence-corrected chi connectivity index (χ1v) is 9.81. The fourth-order valence-corrected chi connectivity index (χ4v) is 3.06. The summed E-state index contributed by atoms with van der Waals surface area (Å²) in [5.74, 6) is -1.12. The second-order valence-corrected chi connectivity index (χ2v) is 8.14. The van der Waals surface area contributed by atoms with Crippen molar-refractivity contribution < 1.29 is 23.9 Å². The van der Waals surface area contributed by atoms with Crippen molar-refractivity contribution in [3.05, 3.63) is 71.3 Å². The number of fused-ring (bicyclic) bond motifs is 1. The van der Waals surface area contributed by atoms with E-state index in [-0.39, 0.29) is 17.7 Å². The normalized spacial score (nSPS) is 14.5. The molecule has 158 valence electrons. The fraction of sp³-hybridized carbons (Fsp3) is 0.348. The number of rotatable bonds is 6. The van der Waals surface area contributed by atoms with Crippen molar-refractivity contribution >= 4 is 17.9 Å². The third-order valence-corrected chi connectivity index (χ3v) is 4.43. The van der Waals surface area contributed by atoms with Gasteiger partial charge in [0, 0.05) is 0 Å². The maximum absolute atomic E-state index is 12.9. The van der Waals surface area contributed by atoms with Gasteiger partial charge in [-0.3, -0.25) is 9.59 Å². The molecule has 0 saturated carbocycles. The van der Waals surface area contributed by atoms with Gasteiger partial charge in [0.1, 0.15) is 5.60 Å². The van der Waals surface area contributed by atoms with Gasteiger partial charge in [0.2, 0.25) is 0 Å². The molecule has 0 bridgehead atoms. The quantitative estimate of drug-likeness (QED) is 0.672. The molecule has 0 N–H and O–H groups in total. The van der Waals surface area contributed by atoms with Crippen molar-refractivity contribution in [2.45, 2.75) is 46.0 Å². The molecule has 2 aromatic rings. The second-order valence-electron chi connectivity index (χ2n) is 8.14. The highest BCUT2D eigenvalue weighted by Crippen LogP contribution is 2.26. The van der Waals surface area contributed by atoms with Gasteiger partial charge in [-0.25, -0.2) is 9.80 Å². The first-order chi connectivity index (χ1) is 14.2. The van der Waals surface area contributed by atoms with Crippen LogP contribution in [0.25, 0.3) is 0 Å². The number of carbonyl (C=O) groups excluding carboxylic acids is 3. The summed E-state index contributed by atoms with van der Waals surface area (Å²) in [6, 6.07) is 16.1. The van der Waals surface area contributed by atoms with Crippen LogP contribution in [0.2, 0.25) is 0 Å². The standard InChI is InChI=1S/C23H26N2O5/c1-16(29-15-17-10-6-5-7-11-17)14-24(22(28)30-23(2,3)4)25-20(26)18-12-8-9-13-19(18)21(25)27/h5-13,16H,14-15H2,1-4H3. The number of amides is 3. The summed E-state index contributed by atoms with van der Waals surface area (Å²) in [6.07, 6.45) is -1.24. The first kappa shape index (κ1) is 21.5. The lowest BCUT2D eigenvalue weighted by molar-refractivity contribution is -0.0522. The molecule has 7 heteroatoms. The molecule has 1 aliphatic rings. The van der Waals surface area contributed by atoms with E-state index >= 15 is 0 Å². The number of hydrogen-bond acceptors (Lipinski definition) is 5. The zero-order chi connectivity index (χ0) is 21.9. The highest BCUT2D eigenvalue weighted by atomic mass is 16.6. The van der Waals surface area contributed by atoms with Gasteiger partial charge in [0.05, 0.1) is 30.4 Å². The summed E-state index contributed by atoms with van der Waals surface area (Å²) in [6.45, 7) is 7.26. The summed E-state index contributed by atoms with van der Waals surface area (Å²) < 4.78 is 11.3. The van der Waals surface area contributed by atoms with E-state index in [0.29, 0.717) is 6.61 Å². The van der Waals surface area contributed by atoms with Crippen LogP contribution < -0.4 is 0 Å². The number of hydrazine groups is 1. The van der Waals surface area contributed by atoms with E-state index < -0.39 is 29.6 Å². The minimum Gasteiger partial charge on any atom is -0.442 e. The van der Waals surface area contributed by atoms with Crippen LogP contribution in [-0.4, -0.2) is 46.2 Å². The Balaban J connectivity index is 1.80. The Morgan fingerprint density at radius 2 is 1.50 bits per heavy atom. The van der Waals surface area contributed by atoms with Crippen LogP contribution >= 0.6 is 0 Å². The lowest BCUT2D eigenvalue weighted by atomic mass is 10.1. The molecule has 0 saturated heterocycles. The van der Waals surface area contributed by atoms with Gasteiger partial charge >= 0.3 is 6.09 Å². The Hall–Kier alpha value is -3.19. The number of imide groups is 1. The summed E-state index contributed by atoms with van der Waals surface area (Å²) in [5.41, 5.74) is 0.707. The molecule has 7 nitrogen and oxygen atoms in total. The second kappa shape index (κ2) is 8.67. The van der Waals surface area contributed by atoms with Gasteiger partial charge in [-0.05, 0) is 45.4 Å². The third-order valence-electron chi connectivity index (χ3n) is 4.43. The van der Waals surface area contributed by atoms with Crippen molar-refractivity contribution in [1.82, 2.24) is 10.0 Å². The Bertz CT molecular complexity index is 901. The van der Waals surface area contributed by atoms with Crippen molar-refractivity contribution in [2.75, 3.05) is 6.54 Å². The van der Waals surface area contributed by atoms with E-state index in [1.807, 2.05) is 30.3 Å². The highest BCUT2D eigenvalue weighted by Gasteiger charge is 2.43. The van der Waals surface area contributed by atoms with E-state index in [4.69, 9.17) is 9.47 Å². The van der Waals surface area contributed by atoms with Gasteiger partial charge < -0.3 is 9.47 Å². The van der Waals surface area contributed by atoms with E-state index in [9.17, 15) is 14.4 Å². The Kier molecular flexibility index (Phi) is 6.22. The monoisotopic (exact) mass is 410 g/mol. The summed E-state index contributed by atoms with van der Waals surface area (Å²) >= 11 is 0. The number of carbonyl (C=O) groups is 3. The van der Waals surface area contributed by atoms with Crippen LogP contribution in [-0.2, 0) is 16.1 Å². The van der Waals surface area contributed by atoms with Crippen molar-refractivity contribution in [3.63, 3.8) is 0 Å². The van der Waals surface area contributed by atoms with Gasteiger partial charge in [0.25, 0.3) is 11.8 Å². The Morgan fingerprint density at radius 3 is 2.03 bits per heavy atom. The molecule has 1 unspecified atom stereocenters. The molecule has 0 aromatic heterocycles. The molecule has 30 heavy (non-hydrogen) atoms. The molecular formula is C23H26N2O5. The van der Waals surface area contributed by atoms with Crippen LogP contribution in [0, 0.1) is 0 Å². The summed E-state index contributed by atoms with van der Waals surface area (Å²) in [4.78, 5) is 38.7. The van der Waals surface area contributed by atoms with E-state index in [1.54, 1.807) is 52.0 Å². The number of benzene rings is 2. The van der Waals surface area contributed by atoms with Crippen LogP contribution in [0.15, 0.2) is 54.6 Å². The van der Waals surface area contributed by atoms with Gasteiger partial charge in [-0.15, -0.1) is 0 Å². The highest BCUT2D eigenvalue weighted by molar-refractivity contribution is 6.21. The van der Waals surface area contributed by atoms with E-state index in [0.717, 1.165) is 15.6 Å². The molecule has 0 fully saturated rings. The van der Waals surface area contributed by atoms with Crippen LogP contribution in [0.1, 0.15) is 54.0 Å². The number of ether oxygens (including phenoxy) is 2. The molecule has 3 amide bonds. The molecule has 1 atom stereocenters. The SMILES string of the molecule is CC(CN(C(=O)OC(C)(C)C)N1C(=O)c2ccccc2C1=O)OCc1ccccc1. The molecule has 3 rings (SSSR count). The van der Waals surface area contributed by atoms with E-state index in [1.165, 1.54) is 0 Å². The topological polar surface area (TPSA) is 76.2 Å².